The van der Waals surface area contributed by atoms with Gasteiger partial charge >= 0.3 is 0 Å². The Hall–Kier alpha value is -3.96. The fraction of sp³-hybridized carbons (Fsp3) is 0.321. The van der Waals surface area contributed by atoms with E-state index < -0.39 is 46.2 Å². The van der Waals surface area contributed by atoms with Gasteiger partial charge in [-0.05, 0) is 43.0 Å². The highest BCUT2D eigenvalue weighted by Gasteiger charge is 2.32. The van der Waals surface area contributed by atoms with Crippen LogP contribution in [-0.4, -0.2) is 65.5 Å². The van der Waals surface area contributed by atoms with Gasteiger partial charge in [0.15, 0.2) is 10.8 Å². The van der Waals surface area contributed by atoms with Crippen molar-refractivity contribution in [1.29, 1.82) is 0 Å². The highest BCUT2D eigenvalue weighted by Crippen LogP contribution is 2.16. The quantitative estimate of drug-likeness (QED) is 0.412. The molecule has 1 aliphatic rings. The largest absolute Gasteiger partial charge is 0.341 e. The van der Waals surface area contributed by atoms with E-state index in [9.17, 15) is 22.8 Å². The second-order valence-corrected chi connectivity index (χ2v) is 11.6. The summed E-state index contributed by atoms with van der Waals surface area (Å²) >= 11 is 0. The molecule has 1 aliphatic heterocycles. The summed E-state index contributed by atoms with van der Waals surface area (Å²) in [5, 5.41) is 6.19. The number of Topliss-reactive ketones (excluding diaryl/α,β-unsaturated/α-hetero) is 1. The molecule has 3 heterocycles. The van der Waals surface area contributed by atoms with Crippen molar-refractivity contribution in [3.63, 3.8) is 0 Å². The van der Waals surface area contributed by atoms with Crippen LogP contribution in [0.25, 0.3) is 10.9 Å². The first-order valence-corrected chi connectivity index (χ1v) is 14.2. The minimum Gasteiger partial charge on any atom is -0.341 e. The van der Waals surface area contributed by atoms with E-state index in [1.54, 1.807) is 42.5 Å². The molecule has 10 nitrogen and oxygen atoms in total. The number of nitrogens with zero attached hydrogens (tertiary/aromatic N) is 3. The zero-order valence-electron chi connectivity index (χ0n) is 21.8. The number of ketones is 1. The fourth-order valence-electron chi connectivity index (χ4n) is 4.26. The van der Waals surface area contributed by atoms with E-state index in [1.807, 2.05) is 32.0 Å². The van der Waals surface area contributed by atoms with E-state index in [-0.39, 0.29) is 23.2 Å². The normalized spacial score (nSPS) is 18.2. The van der Waals surface area contributed by atoms with Crippen LogP contribution in [0, 0.1) is 5.92 Å². The molecule has 0 bridgehead atoms. The summed E-state index contributed by atoms with van der Waals surface area (Å²) in [7, 11) is -3.99. The minimum atomic E-state index is -3.99. The number of fused-ring (bicyclic) bond motifs is 1. The smallest absolute Gasteiger partial charge is 0.270 e. The summed E-state index contributed by atoms with van der Waals surface area (Å²) in [6, 6.07) is 13.3. The van der Waals surface area contributed by atoms with Gasteiger partial charge in [0.05, 0.1) is 12.1 Å². The highest BCUT2D eigenvalue weighted by atomic mass is 32.2. The van der Waals surface area contributed by atoms with Gasteiger partial charge in [-0.3, -0.25) is 14.4 Å². The summed E-state index contributed by atoms with van der Waals surface area (Å²) in [6.45, 7) is 3.52. The van der Waals surface area contributed by atoms with Gasteiger partial charge < -0.3 is 10.6 Å². The average Bonchev–Trinajstić information content (AvgIpc) is 2.92. The molecule has 0 fully saturated rings. The Kier molecular flexibility index (Phi) is 8.82. The molecule has 0 saturated heterocycles. The number of pyridine rings is 2. The van der Waals surface area contributed by atoms with Crippen LogP contribution in [0.15, 0.2) is 78.0 Å². The molecule has 0 aliphatic carbocycles. The standard InChI is InChI=1S/C28H31N5O5S/c1-19(2)17-24(32-27(35)23-14-13-20-9-3-4-10-21(20)30-23)28(36)31-22-11-6-8-16-33(18-25(22)34)39(37,38)26-12-5-7-15-29-26/h3-7,9-15,19,22,24H,8,16-18H2,1-2H3,(H,31,36)(H,32,35)/b11-6-/t22?,24-/m0/s1. The van der Waals surface area contributed by atoms with Crippen molar-refractivity contribution in [1.82, 2.24) is 24.9 Å². The SMILES string of the molecule is CC(C)C[C@H](NC(=O)c1ccc2ccccc2n1)C(=O)NC1/C=C\CCN(S(=O)(=O)c2ccccn2)CC1=O. The van der Waals surface area contributed by atoms with Crippen molar-refractivity contribution in [3.05, 3.63) is 78.6 Å². The average molecular weight is 550 g/mol. The first-order chi connectivity index (χ1) is 18.6. The van der Waals surface area contributed by atoms with E-state index in [0.717, 1.165) is 9.69 Å². The van der Waals surface area contributed by atoms with Crippen LogP contribution in [0.3, 0.4) is 0 Å². The van der Waals surface area contributed by atoms with Crippen LogP contribution in [0.1, 0.15) is 37.2 Å². The number of rotatable bonds is 8. The van der Waals surface area contributed by atoms with E-state index in [4.69, 9.17) is 0 Å². The lowest BCUT2D eigenvalue weighted by Gasteiger charge is -2.26. The second-order valence-electron chi connectivity index (χ2n) is 9.72. The summed E-state index contributed by atoms with van der Waals surface area (Å²) in [5.41, 5.74) is 0.832. The topological polar surface area (TPSA) is 138 Å². The second kappa shape index (κ2) is 12.3. The predicted molar refractivity (Wildman–Crippen MR) is 146 cm³/mol. The van der Waals surface area contributed by atoms with E-state index in [2.05, 4.69) is 20.6 Å². The number of nitrogens with one attached hydrogen (secondary N) is 2. The van der Waals surface area contributed by atoms with E-state index in [1.165, 1.54) is 12.3 Å². The van der Waals surface area contributed by atoms with Gasteiger partial charge in [-0.2, -0.15) is 4.31 Å². The number of hydrogen-bond acceptors (Lipinski definition) is 7. The Morgan fingerprint density at radius 1 is 1.08 bits per heavy atom. The van der Waals surface area contributed by atoms with Crippen LogP contribution < -0.4 is 10.6 Å². The first kappa shape index (κ1) is 28.1. The van der Waals surface area contributed by atoms with Crippen molar-refractivity contribution in [2.75, 3.05) is 13.1 Å². The van der Waals surface area contributed by atoms with Gasteiger partial charge in [0.2, 0.25) is 5.91 Å². The maximum absolute atomic E-state index is 13.3. The molecule has 2 amide bonds. The Morgan fingerprint density at radius 2 is 1.85 bits per heavy atom. The lowest BCUT2D eigenvalue weighted by Crippen LogP contribution is -2.53. The van der Waals surface area contributed by atoms with Crippen LogP contribution in [0.4, 0.5) is 0 Å². The molecule has 1 unspecified atom stereocenters. The van der Waals surface area contributed by atoms with Crippen molar-refractivity contribution in [2.45, 2.75) is 43.8 Å². The molecular formula is C28H31N5O5S. The highest BCUT2D eigenvalue weighted by molar-refractivity contribution is 7.89. The monoisotopic (exact) mass is 549 g/mol. The van der Waals surface area contributed by atoms with Crippen LogP contribution >= 0.6 is 0 Å². The Balaban J connectivity index is 1.48. The zero-order chi connectivity index (χ0) is 28.0. The lowest BCUT2D eigenvalue weighted by molar-refractivity contribution is -0.128. The Bertz CT molecular complexity index is 1490. The Labute approximate surface area is 227 Å². The number of hydrogen-bond donors (Lipinski definition) is 2. The summed E-state index contributed by atoms with van der Waals surface area (Å²) < 4.78 is 27.1. The first-order valence-electron chi connectivity index (χ1n) is 12.7. The lowest BCUT2D eigenvalue weighted by atomic mass is 10.0. The zero-order valence-corrected chi connectivity index (χ0v) is 22.6. The fourth-order valence-corrected chi connectivity index (χ4v) is 5.61. The number of amides is 2. The van der Waals surface area contributed by atoms with Gasteiger partial charge in [-0.25, -0.2) is 18.4 Å². The minimum absolute atomic E-state index is 0.0631. The van der Waals surface area contributed by atoms with Crippen LogP contribution in [0.5, 0.6) is 0 Å². The van der Waals surface area contributed by atoms with Gasteiger partial charge in [0, 0.05) is 18.1 Å². The van der Waals surface area contributed by atoms with Crippen LogP contribution in [-0.2, 0) is 19.6 Å². The molecule has 204 valence electrons. The molecule has 0 saturated carbocycles. The number of benzene rings is 1. The molecule has 1 aromatic carbocycles. The summed E-state index contributed by atoms with van der Waals surface area (Å²) in [6.07, 6.45) is 5.28. The molecule has 2 N–H and O–H groups in total. The molecule has 0 radical (unpaired) electrons. The predicted octanol–water partition coefficient (Wildman–Crippen LogP) is 2.48. The third-order valence-corrected chi connectivity index (χ3v) is 8.01. The maximum atomic E-state index is 13.3. The van der Waals surface area contributed by atoms with E-state index >= 15 is 0 Å². The molecule has 39 heavy (non-hydrogen) atoms. The molecule has 2 atom stereocenters. The maximum Gasteiger partial charge on any atom is 0.270 e. The number of sulfonamides is 1. The van der Waals surface area contributed by atoms with E-state index in [0.29, 0.717) is 18.4 Å². The van der Waals surface area contributed by atoms with Crippen molar-refractivity contribution in [3.8, 4) is 0 Å². The third-order valence-electron chi connectivity index (χ3n) is 6.25. The molecule has 0 spiro atoms. The molecular weight excluding hydrogens is 518 g/mol. The number of carbonyl (C=O) groups is 3. The number of aromatic nitrogens is 2. The van der Waals surface area contributed by atoms with Crippen molar-refractivity contribution >= 4 is 38.5 Å². The van der Waals surface area contributed by atoms with Gasteiger partial charge in [-0.15, -0.1) is 0 Å². The third kappa shape index (κ3) is 6.92. The van der Waals surface area contributed by atoms with Gasteiger partial charge in [-0.1, -0.05) is 56.3 Å². The van der Waals surface area contributed by atoms with Gasteiger partial charge in [0.1, 0.15) is 17.8 Å². The molecule has 2 aromatic heterocycles. The molecule has 4 rings (SSSR count). The van der Waals surface area contributed by atoms with Crippen molar-refractivity contribution in [2.24, 2.45) is 5.92 Å². The number of para-hydroxylation sites is 1. The number of carbonyl (C=O) groups excluding carboxylic acids is 3. The Morgan fingerprint density at radius 3 is 2.59 bits per heavy atom. The summed E-state index contributed by atoms with van der Waals surface area (Å²) in [4.78, 5) is 47.7. The van der Waals surface area contributed by atoms with Gasteiger partial charge in [0.25, 0.3) is 15.9 Å². The summed E-state index contributed by atoms with van der Waals surface area (Å²) in [5.74, 6) is -1.48. The van der Waals surface area contributed by atoms with Crippen molar-refractivity contribution < 1.29 is 22.8 Å². The molecule has 11 heteroatoms. The van der Waals surface area contributed by atoms with Crippen LogP contribution in [0.2, 0.25) is 0 Å². The molecule has 3 aromatic rings.